The van der Waals surface area contributed by atoms with Crippen LogP contribution in [-0.2, 0) is 6.54 Å². The van der Waals surface area contributed by atoms with Crippen LogP contribution in [0, 0.1) is 5.82 Å². The van der Waals surface area contributed by atoms with Crippen molar-refractivity contribution in [3.8, 4) is 0 Å². The fraction of sp³-hybridized carbons (Fsp3) is 0.538. The Bertz CT molecular complexity index is 382. The van der Waals surface area contributed by atoms with E-state index >= 15 is 0 Å². The Kier molecular flexibility index (Phi) is 4.83. The predicted molar refractivity (Wildman–Crippen MR) is 73.3 cm³/mol. The van der Waals surface area contributed by atoms with E-state index in [1.54, 1.807) is 6.07 Å². The summed E-state index contributed by atoms with van der Waals surface area (Å²) in [6, 6.07) is 5.69. The molecule has 0 unspecified atom stereocenters. The first-order chi connectivity index (χ1) is 8.20. The van der Waals surface area contributed by atoms with Crippen molar-refractivity contribution in [1.29, 1.82) is 0 Å². The third-order valence-corrected chi connectivity index (χ3v) is 3.98. The van der Waals surface area contributed by atoms with Gasteiger partial charge in [-0.1, -0.05) is 40.0 Å². The van der Waals surface area contributed by atoms with E-state index < -0.39 is 0 Å². The fourth-order valence-corrected chi connectivity index (χ4v) is 2.78. The highest BCUT2D eigenvalue weighted by Crippen LogP contribution is 2.27. The molecular formula is C13H16BrClFN. The summed E-state index contributed by atoms with van der Waals surface area (Å²) in [4.78, 5) is 2.45. The van der Waals surface area contributed by atoms with Crippen LogP contribution in [0.2, 0.25) is 5.02 Å². The largest absolute Gasteiger partial charge is 0.295 e. The number of rotatable bonds is 5. The van der Waals surface area contributed by atoms with Gasteiger partial charge < -0.3 is 0 Å². The molecule has 2 rings (SSSR count). The van der Waals surface area contributed by atoms with Crippen molar-refractivity contribution in [3.05, 3.63) is 34.6 Å². The lowest BCUT2D eigenvalue weighted by molar-refractivity contribution is 0.128. The molecule has 0 bridgehead atoms. The molecule has 0 spiro atoms. The van der Waals surface area contributed by atoms with Gasteiger partial charge in [-0.05, 0) is 30.5 Å². The average molecular weight is 321 g/mol. The number of hydrogen-bond acceptors (Lipinski definition) is 1. The van der Waals surface area contributed by atoms with Gasteiger partial charge in [-0.15, -0.1) is 0 Å². The molecule has 1 aromatic carbocycles. The molecule has 4 heteroatoms. The summed E-state index contributed by atoms with van der Waals surface area (Å²) in [5.74, 6) is -0.342. The van der Waals surface area contributed by atoms with Gasteiger partial charge in [0.15, 0.2) is 0 Å². The molecule has 17 heavy (non-hydrogen) atoms. The maximum Gasteiger partial charge on any atom is 0.141 e. The number of alkyl halides is 1. The molecule has 0 saturated heterocycles. The smallest absolute Gasteiger partial charge is 0.141 e. The zero-order valence-electron chi connectivity index (χ0n) is 9.63. The normalized spacial score (nSPS) is 16.2. The second-order valence-electron chi connectivity index (χ2n) is 4.49. The lowest BCUT2D eigenvalue weighted by Crippen LogP contribution is -2.40. The van der Waals surface area contributed by atoms with Gasteiger partial charge in [0.1, 0.15) is 5.82 Å². The highest BCUT2D eigenvalue weighted by Gasteiger charge is 2.24. The van der Waals surface area contributed by atoms with Crippen LogP contribution in [0.3, 0.4) is 0 Å². The molecule has 1 saturated carbocycles. The zero-order chi connectivity index (χ0) is 12.3. The summed E-state index contributed by atoms with van der Waals surface area (Å²) >= 11 is 9.28. The molecule has 0 aromatic heterocycles. The highest BCUT2D eigenvalue weighted by atomic mass is 79.9. The predicted octanol–water partition coefficient (Wildman–Crippen LogP) is 4.23. The first-order valence-corrected chi connectivity index (χ1v) is 7.44. The van der Waals surface area contributed by atoms with Crippen LogP contribution in [-0.4, -0.2) is 22.8 Å². The van der Waals surface area contributed by atoms with E-state index in [0.29, 0.717) is 6.04 Å². The number of hydrogen-bond donors (Lipinski definition) is 0. The van der Waals surface area contributed by atoms with Gasteiger partial charge >= 0.3 is 0 Å². The van der Waals surface area contributed by atoms with E-state index in [2.05, 4.69) is 20.8 Å². The minimum Gasteiger partial charge on any atom is -0.295 e. The first-order valence-electron chi connectivity index (χ1n) is 5.94. The first kappa shape index (κ1) is 13.3. The average Bonchev–Trinajstić information content (AvgIpc) is 2.21. The van der Waals surface area contributed by atoms with Gasteiger partial charge in [-0.2, -0.15) is 0 Å². The second-order valence-corrected chi connectivity index (χ2v) is 5.69. The van der Waals surface area contributed by atoms with Gasteiger partial charge in [0.25, 0.3) is 0 Å². The van der Waals surface area contributed by atoms with Crippen LogP contribution in [0.25, 0.3) is 0 Å². The Morgan fingerprint density at radius 1 is 1.41 bits per heavy atom. The molecule has 0 radical (unpaired) electrons. The van der Waals surface area contributed by atoms with E-state index in [-0.39, 0.29) is 10.8 Å². The summed E-state index contributed by atoms with van der Waals surface area (Å²) < 4.78 is 13.1. The van der Waals surface area contributed by atoms with E-state index in [9.17, 15) is 4.39 Å². The molecule has 1 aliphatic carbocycles. The zero-order valence-corrected chi connectivity index (χ0v) is 12.0. The van der Waals surface area contributed by atoms with Crippen molar-refractivity contribution < 1.29 is 4.39 Å². The maximum absolute atomic E-state index is 13.1. The van der Waals surface area contributed by atoms with Crippen molar-refractivity contribution in [1.82, 2.24) is 4.90 Å². The van der Waals surface area contributed by atoms with Crippen molar-refractivity contribution in [2.45, 2.75) is 31.8 Å². The van der Waals surface area contributed by atoms with E-state index in [1.165, 1.54) is 25.3 Å². The molecule has 0 aliphatic heterocycles. The SMILES string of the molecule is Fc1ccc(CN(CCBr)C2CCC2)cc1Cl. The quantitative estimate of drug-likeness (QED) is 0.734. The summed E-state index contributed by atoms with van der Waals surface area (Å²) in [6.45, 7) is 1.88. The molecule has 0 atom stereocenters. The molecular weight excluding hydrogens is 305 g/mol. The Labute approximate surface area is 115 Å². The lowest BCUT2D eigenvalue weighted by atomic mass is 9.91. The topological polar surface area (TPSA) is 3.24 Å². The Morgan fingerprint density at radius 2 is 2.18 bits per heavy atom. The Hall–Kier alpha value is -0.120. The summed E-state index contributed by atoms with van der Waals surface area (Å²) in [5.41, 5.74) is 1.09. The van der Waals surface area contributed by atoms with E-state index in [1.807, 2.05) is 6.07 Å². The number of halogens is 3. The molecule has 1 aliphatic rings. The molecule has 1 aromatic rings. The minimum atomic E-state index is -0.342. The van der Waals surface area contributed by atoms with E-state index in [4.69, 9.17) is 11.6 Å². The van der Waals surface area contributed by atoms with Crippen molar-refractivity contribution in [2.24, 2.45) is 0 Å². The molecule has 1 nitrogen and oxygen atoms in total. The standard InChI is InChI=1S/C13H16BrClFN/c14-6-7-17(11-2-1-3-11)9-10-4-5-13(16)12(15)8-10/h4-5,8,11H,1-3,6-7,9H2. The molecule has 0 N–H and O–H groups in total. The van der Waals surface area contributed by atoms with Crippen LogP contribution in [0.15, 0.2) is 18.2 Å². The Balaban J connectivity index is 2.02. The Morgan fingerprint density at radius 3 is 2.71 bits per heavy atom. The number of benzene rings is 1. The van der Waals surface area contributed by atoms with Crippen molar-refractivity contribution in [3.63, 3.8) is 0 Å². The summed E-state index contributed by atoms with van der Waals surface area (Å²) in [7, 11) is 0. The second kappa shape index (κ2) is 6.17. The van der Waals surface area contributed by atoms with Gasteiger partial charge in [-0.25, -0.2) is 4.39 Å². The summed E-state index contributed by atoms with van der Waals surface area (Å²) in [6.07, 6.45) is 3.89. The van der Waals surface area contributed by atoms with Crippen LogP contribution in [0.1, 0.15) is 24.8 Å². The maximum atomic E-state index is 13.1. The van der Waals surface area contributed by atoms with Crippen LogP contribution < -0.4 is 0 Å². The van der Waals surface area contributed by atoms with Crippen LogP contribution in [0.4, 0.5) is 4.39 Å². The van der Waals surface area contributed by atoms with Gasteiger partial charge in [-0.3, -0.25) is 4.90 Å². The van der Waals surface area contributed by atoms with Crippen molar-refractivity contribution >= 4 is 27.5 Å². The third kappa shape index (κ3) is 3.43. The molecule has 94 valence electrons. The fourth-order valence-electron chi connectivity index (χ4n) is 2.12. The monoisotopic (exact) mass is 319 g/mol. The van der Waals surface area contributed by atoms with Crippen LogP contribution >= 0.6 is 27.5 Å². The van der Waals surface area contributed by atoms with Gasteiger partial charge in [0.2, 0.25) is 0 Å². The molecule has 0 amide bonds. The minimum absolute atomic E-state index is 0.218. The third-order valence-electron chi connectivity index (χ3n) is 3.33. The van der Waals surface area contributed by atoms with Gasteiger partial charge in [0, 0.05) is 24.5 Å². The van der Waals surface area contributed by atoms with Crippen molar-refractivity contribution in [2.75, 3.05) is 11.9 Å². The number of nitrogens with zero attached hydrogens (tertiary/aromatic N) is 1. The molecule has 1 fully saturated rings. The van der Waals surface area contributed by atoms with E-state index in [0.717, 1.165) is 24.0 Å². The van der Waals surface area contributed by atoms with Crippen LogP contribution in [0.5, 0.6) is 0 Å². The van der Waals surface area contributed by atoms with Gasteiger partial charge in [0.05, 0.1) is 5.02 Å². The highest BCUT2D eigenvalue weighted by molar-refractivity contribution is 9.09. The molecule has 0 heterocycles. The lowest BCUT2D eigenvalue weighted by Gasteiger charge is -2.37. The summed E-state index contributed by atoms with van der Waals surface area (Å²) in [5, 5.41) is 1.19.